The average molecular weight is 333 g/mol. The van der Waals surface area contributed by atoms with Gasteiger partial charge in [0.05, 0.1) is 12.6 Å². The highest BCUT2D eigenvalue weighted by Gasteiger charge is 2.62. The van der Waals surface area contributed by atoms with Crippen LogP contribution < -0.4 is 4.74 Å². The Hall–Kier alpha value is -2.29. The lowest BCUT2D eigenvalue weighted by Gasteiger charge is -2.29. The van der Waals surface area contributed by atoms with E-state index in [1.807, 2.05) is 18.2 Å². The Morgan fingerprint density at radius 2 is 1.88 bits per heavy atom. The molecule has 5 rings (SSSR count). The molecule has 2 heterocycles. The summed E-state index contributed by atoms with van der Waals surface area (Å²) in [5.74, 6) is 1.45. The van der Waals surface area contributed by atoms with Crippen LogP contribution in [0.25, 0.3) is 0 Å². The van der Waals surface area contributed by atoms with E-state index in [2.05, 4.69) is 41.3 Å². The average Bonchev–Trinajstić information content (AvgIpc) is 3.16. The second kappa shape index (κ2) is 5.62. The number of hydrogen-bond donors (Lipinski definition) is 0. The summed E-state index contributed by atoms with van der Waals surface area (Å²) in [6.07, 6.45) is 4.12. The first kappa shape index (κ1) is 15.0. The number of benzene rings is 2. The van der Waals surface area contributed by atoms with E-state index in [9.17, 15) is 4.79 Å². The van der Waals surface area contributed by atoms with Crippen molar-refractivity contribution in [3.63, 3.8) is 0 Å². The van der Waals surface area contributed by atoms with E-state index in [1.54, 1.807) is 0 Å². The number of rotatable bonds is 2. The molecule has 2 fully saturated rings. The molecule has 1 saturated carbocycles. The van der Waals surface area contributed by atoms with Gasteiger partial charge in [0.1, 0.15) is 5.75 Å². The molecule has 3 nitrogen and oxygen atoms in total. The molecule has 128 valence electrons. The van der Waals surface area contributed by atoms with Crippen molar-refractivity contribution >= 4 is 5.91 Å². The van der Waals surface area contributed by atoms with E-state index in [0.717, 1.165) is 44.6 Å². The summed E-state index contributed by atoms with van der Waals surface area (Å²) in [6.45, 7) is 1.62. The van der Waals surface area contributed by atoms with Crippen LogP contribution in [0.2, 0.25) is 0 Å². The monoisotopic (exact) mass is 333 g/mol. The van der Waals surface area contributed by atoms with Crippen molar-refractivity contribution in [2.75, 3.05) is 13.2 Å². The molecule has 3 aliphatic rings. The summed E-state index contributed by atoms with van der Waals surface area (Å²) >= 11 is 0. The number of likely N-dealkylation sites (tertiary alicyclic amines) is 1. The van der Waals surface area contributed by atoms with Crippen molar-refractivity contribution in [1.82, 2.24) is 4.90 Å². The van der Waals surface area contributed by atoms with Crippen LogP contribution in [0, 0.1) is 5.92 Å². The molecule has 0 bridgehead atoms. The van der Waals surface area contributed by atoms with Gasteiger partial charge in [-0.05, 0) is 37.3 Å². The van der Waals surface area contributed by atoms with Crippen LogP contribution >= 0.6 is 0 Å². The fourth-order valence-corrected chi connectivity index (χ4v) is 4.94. The molecule has 2 aromatic carbocycles. The normalized spacial score (nSPS) is 30.0. The summed E-state index contributed by atoms with van der Waals surface area (Å²) in [6, 6.07) is 19.0. The van der Waals surface area contributed by atoms with Crippen LogP contribution in [0.1, 0.15) is 42.9 Å². The molecule has 3 atom stereocenters. The lowest BCUT2D eigenvalue weighted by Crippen LogP contribution is -2.35. The predicted octanol–water partition coefficient (Wildman–Crippen LogP) is 4.09. The van der Waals surface area contributed by atoms with Gasteiger partial charge in [0.2, 0.25) is 5.91 Å². The van der Waals surface area contributed by atoms with Crippen LogP contribution in [0.4, 0.5) is 0 Å². The minimum absolute atomic E-state index is 0.0236. The van der Waals surface area contributed by atoms with E-state index in [-0.39, 0.29) is 17.4 Å². The highest BCUT2D eigenvalue weighted by Crippen LogP contribution is 2.61. The van der Waals surface area contributed by atoms with Gasteiger partial charge in [0.25, 0.3) is 0 Å². The summed E-state index contributed by atoms with van der Waals surface area (Å²) in [5, 5.41) is 0. The highest BCUT2D eigenvalue weighted by molar-refractivity contribution is 5.85. The zero-order valence-corrected chi connectivity index (χ0v) is 14.4. The number of hydrogen-bond acceptors (Lipinski definition) is 2. The van der Waals surface area contributed by atoms with Crippen molar-refractivity contribution in [3.8, 4) is 5.75 Å². The third-order valence-corrected chi connectivity index (χ3v) is 6.32. The third-order valence-electron chi connectivity index (χ3n) is 6.32. The van der Waals surface area contributed by atoms with Crippen LogP contribution in [-0.4, -0.2) is 24.0 Å². The van der Waals surface area contributed by atoms with Gasteiger partial charge in [-0.3, -0.25) is 4.79 Å². The molecule has 1 saturated heterocycles. The van der Waals surface area contributed by atoms with Gasteiger partial charge in [-0.2, -0.15) is 0 Å². The number of carbonyl (C=O) groups is 1. The first-order valence-corrected chi connectivity index (χ1v) is 9.37. The zero-order valence-electron chi connectivity index (χ0n) is 14.4. The van der Waals surface area contributed by atoms with Crippen LogP contribution in [-0.2, 0) is 10.2 Å². The highest BCUT2D eigenvalue weighted by atomic mass is 16.5. The first-order chi connectivity index (χ1) is 12.3. The smallest absolute Gasteiger partial charge is 0.227 e. The van der Waals surface area contributed by atoms with E-state index < -0.39 is 0 Å². The fraction of sp³-hybridized carbons (Fsp3) is 0.409. The maximum absolute atomic E-state index is 13.4. The van der Waals surface area contributed by atoms with Gasteiger partial charge in [0, 0.05) is 23.4 Å². The van der Waals surface area contributed by atoms with Gasteiger partial charge in [-0.25, -0.2) is 0 Å². The number of para-hydroxylation sites is 1. The first-order valence-electron chi connectivity index (χ1n) is 9.37. The maximum Gasteiger partial charge on any atom is 0.227 e. The lowest BCUT2D eigenvalue weighted by atomic mass is 9.87. The second-order valence-electron chi connectivity index (χ2n) is 7.61. The summed E-state index contributed by atoms with van der Waals surface area (Å²) in [4.78, 5) is 15.5. The molecule has 1 aliphatic carbocycles. The summed E-state index contributed by atoms with van der Waals surface area (Å²) in [5.41, 5.74) is 2.54. The van der Waals surface area contributed by atoms with Crippen LogP contribution in [0.3, 0.4) is 0 Å². The summed E-state index contributed by atoms with van der Waals surface area (Å²) in [7, 11) is 0. The molecule has 25 heavy (non-hydrogen) atoms. The Labute approximate surface area is 148 Å². The molecular weight excluding hydrogens is 310 g/mol. The second-order valence-corrected chi connectivity index (χ2v) is 7.61. The van der Waals surface area contributed by atoms with E-state index in [1.165, 1.54) is 11.1 Å². The Balaban J connectivity index is 1.42. The van der Waals surface area contributed by atoms with Gasteiger partial charge in [0.15, 0.2) is 0 Å². The number of amides is 1. The number of carbonyl (C=O) groups excluding carboxylic acids is 1. The minimum Gasteiger partial charge on any atom is -0.493 e. The molecule has 2 aromatic rings. The van der Waals surface area contributed by atoms with Crippen molar-refractivity contribution in [1.29, 1.82) is 0 Å². The Kier molecular flexibility index (Phi) is 3.37. The number of ether oxygens (including phenoxy) is 1. The summed E-state index contributed by atoms with van der Waals surface area (Å²) < 4.78 is 5.82. The van der Waals surface area contributed by atoms with E-state index >= 15 is 0 Å². The molecule has 0 aromatic heterocycles. The third kappa shape index (κ3) is 2.29. The molecule has 1 amide bonds. The van der Waals surface area contributed by atoms with Gasteiger partial charge >= 0.3 is 0 Å². The van der Waals surface area contributed by atoms with Crippen molar-refractivity contribution < 1.29 is 9.53 Å². The molecule has 0 N–H and O–H groups in total. The topological polar surface area (TPSA) is 29.5 Å². The quantitative estimate of drug-likeness (QED) is 0.828. The van der Waals surface area contributed by atoms with Crippen molar-refractivity contribution in [3.05, 3.63) is 65.7 Å². The Morgan fingerprint density at radius 3 is 2.76 bits per heavy atom. The number of nitrogens with zero attached hydrogens (tertiary/aromatic N) is 1. The minimum atomic E-state index is 0.0236. The molecular formula is C22H23NO2. The van der Waals surface area contributed by atoms with Gasteiger partial charge in [-0.1, -0.05) is 48.5 Å². The lowest BCUT2D eigenvalue weighted by molar-refractivity contribution is -0.134. The van der Waals surface area contributed by atoms with Crippen LogP contribution in [0.5, 0.6) is 5.75 Å². The molecule has 0 radical (unpaired) electrons. The molecule has 2 aliphatic heterocycles. The van der Waals surface area contributed by atoms with Gasteiger partial charge < -0.3 is 9.64 Å². The van der Waals surface area contributed by atoms with E-state index in [4.69, 9.17) is 4.74 Å². The maximum atomic E-state index is 13.4. The molecule has 1 spiro atoms. The van der Waals surface area contributed by atoms with E-state index in [0.29, 0.717) is 5.91 Å². The zero-order chi connectivity index (χ0) is 16.9. The Bertz CT molecular complexity index is 803. The van der Waals surface area contributed by atoms with Gasteiger partial charge in [-0.15, -0.1) is 0 Å². The predicted molar refractivity (Wildman–Crippen MR) is 96.5 cm³/mol. The number of fused-ring (bicyclic) bond motifs is 2. The standard InChI is InChI=1S/C22H23NO2/c24-21(23-13-6-10-19(23)16-7-2-1-3-8-16)18-15-22(18)12-14-25-20-11-5-4-9-17(20)22/h1-5,7-9,11,18-19H,6,10,12-15H2/t18-,19?,22-/m0/s1. The SMILES string of the molecule is O=C([C@@H]1C[C@]12CCOc1ccccc12)N1CCCC1c1ccccc1. The fourth-order valence-electron chi connectivity index (χ4n) is 4.94. The van der Waals surface area contributed by atoms with Crippen molar-refractivity contribution in [2.45, 2.75) is 37.1 Å². The van der Waals surface area contributed by atoms with Crippen LogP contribution in [0.15, 0.2) is 54.6 Å². The Morgan fingerprint density at radius 1 is 1.08 bits per heavy atom. The molecule has 1 unspecified atom stereocenters. The largest absolute Gasteiger partial charge is 0.493 e. The molecule has 3 heteroatoms. The van der Waals surface area contributed by atoms with Crippen molar-refractivity contribution in [2.24, 2.45) is 5.92 Å².